The summed E-state index contributed by atoms with van der Waals surface area (Å²) in [4.78, 5) is 0. The fourth-order valence-electron chi connectivity index (χ4n) is 1.91. The van der Waals surface area contributed by atoms with Gasteiger partial charge in [0.2, 0.25) is 0 Å². The summed E-state index contributed by atoms with van der Waals surface area (Å²) >= 11 is 0. The van der Waals surface area contributed by atoms with Gasteiger partial charge in [0.1, 0.15) is 11.6 Å². The van der Waals surface area contributed by atoms with E-state index in [0.717, 1.165) is 37.4 Å². The highest BCUT2D eigenvalue weighted by atomic mass is 19.1. The first-order chi connectivity index (χ1) is 7.75. The van der Waals surface area contributed by atoms with Gasteiger partial charge in [0.05, 0.1) is 0 Å². The van der Waals surface area contributed by atoms with Crippen LogP contribution in [0.4, 0.5) is 8.78 Å². The molecule has 90 valence electrons. The molecular weight excluding hydrogens is 208 g/mol. The maximum atomic E-state index is 12.9. The lowest BCUT2D eigenvalue weighted by atomic mass is 9.97. The SMILES string of the molecule is CC.Fc1cc(F)cc([C@@H]2CCCCN2)c1. The molecule has 3 heteroatoms. The van der Waals surface area contributed by atoms with E-state index in [-0.39, 0.29) is 6.04 Å². The minimum atomic E-state index is -0.493. The zero-order valence-corrected chi connectivity index (χ0v) is 9.89. The zero-order valence-electron chi connectivity index (χ0n) is 9.89. The number of halogens is 2. The van der Waals surface area contributed by atoms with Crippen LogP contribution in [0.15, 0.2) is 18.2 Å². The molecule has 0 unspecified atom stereocenters. The normalized spacial score (nSPS) is 19.9. The van der Waals surface area contributed by atoms with E-state index in [0.29, 0.717) is 0 Å². The molecule has 0 bridgehead atoms. The molecule has 0 radical (unpaired) electrons. The maximum Gasteiger partial charge on any atom is 0.126 e. The van der Waals surface area contributed by atoms with Gasteiger partial charge >= 0.3 is 0 Å². The van der Waals surface area contributed by atoms with Gasteiger partial charge in [-0.15, -0.1) is 0 Å². The van der Waals surface area contributed by atoms with E-state index in [4.69, 9.17) is 0 Å². The van der Waals surface area contributed by atoms with E-state index in [2.05, 4.69) is 5.32 Å². The lowest BCUT2D eigenvalue weighted by Gasteiger charge is -2.23. The molecule has 2 rings (SSSR count). The van der Waals surface area contributed by atoms with Crippen LogP contribution in [-0.4, -0.2) is 6.54 Å². The summed E-state index contributed by atoms with van der Waals surface area (Å²) < 4.78 is 25.8. The summed E-state index contributed by atoms with van der Waals surface area (Å²) in [5.41, 5.74) is 0.724. The molecule has 1 atom stereocenters. The Labute approximate surface area is 95.9 Å². The van der Waals surface area contributed by atoms with E-state index >= 15 is 0 Å². The Bertz CT molecular complexity index is 299. The van der Waals surface area contributed by atoms with Crippen LogP contribution in [0.2, 0.25) is 0 Å². The first-order valence-electron chi connectivity index (χ1n) is 5.95. The van der Waals surface area contributed by atoms with Crippen molar-refractivity contribution in [2.24, 2.45) is 0 Å². The summed E-state index contributed by atoms with van der Waals surface area (Å²) in [5, 5.41) is 3.26. The minimum Gasteiger partial charge on any atom is -0.310 e. The van der Waals surface area contributed by atoms with Crippen LogP contribution in [0.5, 0.6) is 0 Å². The molecule has 1 aromatic rings. The Morgan fingerprint density at radius 1 is 1.06 bits per heavy atom. The van der Waals surface area contributed by atoms with Gasteiger partial charge < -0.3 is 5.32 Å². The highest BCUT2D eigenvalue weighted by Gasteiger charge is 2.15. The van der Waals surface area contributed by atoms with Crippen molar-refractivity contribution >= 4 is 0 Å². The van der Waals surface area contributed by atoms with Crippen molar-refractivity contribution in [3.05, 3.63) is 35.4 Å². The molecule has 1 aliphatic heterocycles. The van der Waals surface area contributed by atoms with Gasteiger partial charge in [-0.3, -0.25) is 0 Å². The molecule has 0 aliphatic carbocycles. The first-order valence-corrected chi connectivity index (χ1v) is 5.95. The molecule has 1 aliphatic rings. The molecule has 1 N–H and O–H groups in total. The summed E-state index contributed by atoms with van der Waals surface area (Å²) in [7, 11) is 0. The molecule has 1 saturated heterocycles. The van der Waals surface area contributed by atoms with Gasteiger partial charge in [0, 0.05) is 12.1 Å². The van der Waals surface area contributed by atoms with Crippen molar-refractivity contribution in [2.75, 3.05) is 6.54 Å². The van der Waals surface area contributed by atoms with Crippen molar-refractivity contribution in [3.8, 4) is 0 Å². The van der Waals surface area contributed by atoms with Gasteiger partial charge in [0.15, 0.2) is 0 Å². The number of hydrogen-bond acceptors (Lipinski definition) is 1. The fourth-order valence-corrected chi connectivity index (χ4v) is 1.91. The monoisotopic (exact) mass is 227 g/mol. The molecule has 0 spiro atoms. The topological polar surface area (TPSA) is 12.0 Å². The Morgan fingerprint density at radius 2 is 1.69 bits per heavy atom. The summed E-state index contributed by atoms with van der Waals surface area (Å²) in [6.07, 6.45) is 3.23. The van der Waals surface area contributed by atoms with E-state index in [1.165, 1.54) is 12.1 Å². The Hall–Kier alpha value is -0.960. The molecular formula is C13H19F2N. The second kappa shape index (κ2) is 6.59. The Morgan fingerprint density at radius 3 is 2.19 bits per heavy atom. The third-order valence-corrected chi connectivity index (χ3v) is 2.60. The Kier molecular flexibility index (Phi) is 5.39. The average molecular weight is 227 g/mol. The van der Waals surface area contributed by atoms with Crippen molar-refractivity contribution < 1.29 is 8.78 Å². The highest BCUT2D eigenvalue weighted by Crippen LogP contribution is 2.24. The van der Waals surface area contributed by atoms with E-state index in [1.807, 2.05) is 13.8 Å². The molecule has 1 heterocycles. The second-order valence-corrected chi connectivity index (χ2v) is 3.71. The van der Waals surface area contributed by atoms with Crippen molar-refractivity contribution in [3.63, 3.8) is 0 Å². The van der Waals surface area contributed by atoms with Crippen LogP contribution in [-0.2, 0) is 0 Å². The summed E-state index contributed by atoms with van der Waals surface area (Å²) in [6.45, 7) is 4.93. The van der Waals surface area contributed by atoms with Crippen LogP contribution >= 0.6 is 0 Å². The minimum absolute atomic E-state index is 0.119. The number of rotatable bonds is 1. The number of benzene rings is 1. The van der Waals surface area contributed by atoms with Crippen LogP contribution in [0.25, 0.3) is 0 Å². The van der Waals surface area contributed by atoms with Crippen LogP contribution in [0.3, 0.4) is 0 Å². The molecule has 0 aromatic heterocycles. The van der Waals surface area contributed by atoms with Crippen LogP contribution in [0.1, 0.15) is 44.7 Å². The van der Waals surface area contributed by atoms with Gasteiger partial charge in [0.25, 0.3) is 0 Å². The van der Waals surface area contributed by atoms with Gasteiger partial charge in [-0.05, 0) is 37.1 Å². The quantitative estimate of drug-likeness (QED) is 0.769. The largest absolute Gasteiger partial charge is 0.310 e. The smallest absolute Gasteiger partial charge is 0.126 e. The fraction of sp³-hybridized carbons (Fsp3) is 0.538. The summed E-state index contributed by atoms with van der Waals surface area (Å²) in [6, 6.07) is 3.85. The number of hydrogen-bond donors (Lipinski definition) is 1. The van der Waals surface area contributed by atoms with Gasteiger partial charge in [-0.2, -0.15) is 0 Å². The van der Waals surface area contributed by atoms with Gasteiger partial charge in [-0.25, -0.2) is 8.78 Å². The van der Waals surface area contributed by atoms with Crippen LogP contribution in [0, 0.1) is 11.6 Å². The van der Waals surface area contributed by atoms with E-state index < -0.39 is 11.6 Å². The van der Waals surface area contributed by atoms with Crippen LogP contribution < -0.4 is 5.32 Å². The second-order valence-electron chi connectivity index (χ2n) is 3.71. The predicted molar refractivity (Wildman–Crippen MR) is 62.3 cm³/mol. The van der Waals surface area contributed by atoms with Crippen molar-refractivity contribution in [1.82, 2.24) is 5.32 Å². The van der Waals surface area contributed by atoms with Crippen molar-refractivity contribution in [2.45, 2.75) is 39.2 Å². The lowest BCUT2D eigenvalue weighted by Crippen LogP contribution is -2.26. The zero-order chi connectivity index (χ0) is 12.0. The third-order valence-electron chi connectivity index (χ3n) is 2.60. The Balaban J connectivity index is 0.000000606. The molecule has 0 saturated carbocycles. The molecule has 16 heavy (non-hydrogen) atoms. The first kappa shape index (κ1) is 13.1. The number of piperidine rings is 1. The molecule has 1 fully saturated rings. The van der Waals surface area contributed by atoms with Gasteiger partial charge in [-0.1, -0.05) is 20.3 Å². The summed E-state index contributed by atoms with van der Waals surface area (Å²) in [5.74, 6) is -0.986. The highest BCUT2D eigenvalue weighted by molar-refractivity contribution is 5.21. The number of nitrogens with one attached hydrogen (secondary N) is 1. The molecule has 1 aromatic carbocycles. The third kappa shape index (κ3) is 3.56. The standard InChI is InChI=1S/C11H13F2N.C2H6/c12-9-5-8(6-10(13)7-9)11-3-1-2-4-14-11;1-2/h5-7,11,14H,1-4H2;1-2H3/t11-;/m0./s1. The molecule has 0 amide bonds. The predicted octanol–water partition coefficient (Wildman–Crippen LogP) is 3.81. The van der Waals surface area contributed by atoms with E-state index in [9.17, 15) is 8.78 Å². The lowest BCUT2D eigenvalue weighted by molar-refractivity contribution is 0.409. The molecule has 1 nitrogen and oxygen atoms in total. The van der Waals surface area contributed by atoms with E-state index in [1.54, 1.807) is 0 Å². The maximum absolute atomic E-state index is 12.9. The average Bonchev–Trinajstić information content (AvgIpc) is 2.32. The van der Waals surface area contributed by atoms with Crippen molar-refractivity contribution in [1.29, 1.82) is 0 Å².